The predicted octanol–water partition coefficient (Wildman–Crippen LogP) is 4.38. The number of amides is 1. The second-order valence-electron chi connectivity index (χ2n) is 6.40. The van der Waals surface area contributed by atoms with E-state index in [2.05, 4.69) is 19.2 Å². The Balaban J connectivity index is 1.61. The van der Waals surface area contributed by atoms with Gasteiger partial charge in [-0.15, -0.1) is 0 Å². The predicted molar refractivity (Wildman–Crippen MR) is 101 cm³/mol. The molecule has 2 aromatic carbocycles. The van der Waals surface area contributed by atoms with Gasteiger partial charge in [-0.3, -0.25) is 4.79 Å². The third-order valence-electron chi connectivity index (χ3n) is 4.45. The highest BCUT2D eigenvalue weighted by Crippen LogP contribution is 2.32. The van der Waals surface area contributed by atoms with E-state index in [1.807, 2.05) is 30.3 Å². The number of ether oxygens (including phenoxy) is 3. The van der Waals surface area contributed by atoms with Crippen molar-refractivity contribution in [2.45, 2.75) is 32.6 Å². The van der Waals surface area contributed by atoms with Gasteiger partial charge in [0.05, 0.1) is 13.2 Å². The Kier molecular flexibility index (Phi) is 6.00. The summed E-state index contributed by atoms with van der Waals surface area (Å²) in [6, 6.07) is 13.3. The van der Waals surface area contributed by atoms with E-state index in [1.165, 1.54) is 0 Å². The number of hydrogen-bond acceptors (Lipinski definition) is 4. The third kappa shape index (κ3) is 4.48. The lowest BCUT2D eigenvalue weighted by atomic mass is 9.98. The number of fused-ring (bicyclic) bond motifs is 1. The summed E-state index contributed by atoms with van der Waals surface area (Å²) in [5.41, 5.74) is 1.79. The van der Waals surface area contributed by atoms with Crippen molar-refractivity contribution >= 4 is 11.6 Å². The largest absolute Gasteiger partial charge is 0.490 e. The van der Waals surface area contributed by atoms with E-state index in [9.17, 15) is 4.79 Å². The van der Waals surface area contributed by atoms with Gasteiger partial charge in [-0.25, -0.2) is 0 Å². The Morgan fingerprint density at radius 1 is 1.15 bits per heavy atom. The molecule has 26 heavy (non-hydrogen) atoms. The van der Waals surface area contributed by atoms with Crippen molar-refractivity contribution in [3.05, 3.63) is 48.0 Å². The van der Waals surface area contributed by atoms with Crippen LogP contribution in [-0.2, 0) is 4.79 Å². The second kappa shape index (κ2) is 8.61. The molecule has 1 N–H and O–H groups in total. The third-order valence-corrected chi connectivity index (χ3v) is 4.45. The molecule has 5 heteroatoms. The first kappa shape index (κ1) is 18.1. The Hall–Kier alpha value is -2.69. The zero-order valence-corrected chi connectivity index (χ0v) is 15.3. The van der Waals surface area contributed by atoms with Crippen LogP contribution in [0.4, 0.5) is 5.69 Å². The van der Waals surface area contributed by atoms with Gasteiger partial charge in [0, 0.05) is 18.2 Å². The van der Waals surface area contributed by atoms with E-state index in [1.54, 1.807) is 12.1 Å². The summed E-state index contributed by atoms with van der Waals surface area (Å²) < 4.78 is 17.0. The number of para-hydroxylation sites is 1. The topological polar surface area (TPSA) is 56.8 Å². The quantitative estimate of drug-likeness (QED) is 0.835. The molecule has 1 aliphatic rings. The molecule has 1 heterocycles. The fraction of sp³-hybridized carbons (Fsp3) is 0.381. The van der Waals surface area contributed by atoms with E-state index in [4.69, 9.17) is 14.2 Å². The fourth-order valence-electron chi connectivity index (χ4n) is 2.82. The smallest absolute Gasteiger partial charge is 0.262 e. The van der Waals surface area contributed by atoms with E-state index >= 15 is 0 Å². The van der Waals surface area contributed by atoms with Gasteiger partial charge in [-0.1, -0.05) is 32.0 Å². The molecule has 0 saturated heterocycles. The van der Waals surface area contributed by atoms with Crippen LogP contribution < -0.4 is 19.5 Å². The number of hydrogen-bond donors (Lipinski definition) is 1. The van der Waals surface area contributed by atoms with Crippen molar-refractivity contribution in [3.63, 3.8) is 0 Å². The van der Waals surface area contributed by atoms with E-state index in [0.717, 1.165) is 24.2 Å². The number of rotatable bonds is 6. The highest BCUT2D eigenvalue weighted by atomic mass is 16.5. The van der Waals surface area contributed by atoms with Gasteiger partial charge in [-0.05, 0) is 36.1 Å². The molecule has 0 fully saturated rings. The van der Waals surface area contributed by atoms with Crippen LogP contribution in [0.25, 0.3) is 0 Å². The summed E-state index contributed by atoms with van der Waals surface area (Å²) in [7, 11) is 0. The molecule has 0 radical (unpaired) electrons. The SMILES string of the molecule is CCC(C)c1ccccc1OCC(=O)Nc1ccc2c(c1)OCCCO2. The number of carbonyl (C=O) groups excluding carboxylic acids is 1. The average Bonchev–Trinajstić information content (AvgIpc) is 2.91. The lowest BCUT2D eigenvalue weighted by molar-refractivity contribution is -0.118. The molecule has 5 nitrogen and oxygen atoms in total. The van der Waals surface area contributed by atoms with Crippen molar-refractivity contribution in [1.82, 2.24) is 0 Å². The van der Waals surface area contributed by atoms with E-state index in [-0.39, 0.29) is 12.5 Å². The summed E-state index contributed by atoms with van der Waals surface area (Å²) in [6.07, 6.45) is 1.86. The van der Waals surface area contributed by atoms with Crippen LogP contribution in [0.5, 0.6) is 17.2 Å². The summed E-state index contributed by atoms with van der Waals surface area (Å²) in [5.74, 6) is 2.30. The molecule has 138 valence electrons. The standard InChI is InChI=1S/C21H25NO4/c1-3-15(2)17-7-4-5-8-18(17)26-14-21(23)22-16-9-10-19-20(13-16)25-12-6-11-24-19/h4-5,7-10,13,15H,3,6,11-12,14H2,1-2H3,(H,22,23). The molecular formula is C21H25NO4. The lowest BCUT2D eigenvalue weighted by Crippen LogP contribution is -2.20. The van der Waals surface area contributed by atoms with Crippen molar-refractivity contribution in [3.8, 4) is 17.2 Å². The Morgan fingerprint density at radius 3 is 2.73 bits per heavy atom. The maximum absolute atomic E-state index is 12.3. The molecule has 0 bridgehead atoms. The first-order valence-electron chi connectivity index (χ1n) is 9.08. The van der Waals surface area contributed by atoms with Crippen LogP contribution >= 0.6 is 0 Å². The minimum absolute atomic E-state index is 0.0398. The molecule has 1 unspecified atom stereocenters. The highest BCUT2D eigenvalue weighted by molar-refractivity contribution is 5.92. The number of benzene rings is 2. The van der Waals surface area contributed by atoms with Crippen LogP contribution in [0.15, 0.2) is 42.5 Å². The van der Waals surface area contributed by atoms with Crippen molar-refractivity contribution < 1.29 is 19.0 Å². The molecule has 0 aliphatic carbocycles. The number of carbonyl (C=O) groups is 1. The molecule has 1 aliphatic heterocycles. The Bertz CT molecular complexity index is 759. The van der Waals surface area contributed by atoms with Crippen LogP contribution in [-0.4, -0.2) is 25.7 Å². The van der Waals surface area contributed by atoms with Crippen LogP contribution in [0.3, 0.4) is 0 Å². The van der Waals surface area contributed by atoms with Crippen LogP contribution in [0.2, 0.25) is 0 Å². The maximum Gasteiger partial charge on any atom is 0.262 e. The van der Waals surface area contributed by atoms with E-state index < -0.39 is 0 Å². The van der Waals surface area contributed by atoms with Gasteiger partial charge < -0.3 is 19.5 Å². The van der Waals surface area contributed by atoms with Crippen LogP contribution in [0.1, 0.15) is 38.2 Å². The molecular weight excluding hydrogens is 330 g/mol. The molecule has 1 amide bonds. The van der Waals surface area contributed by atoms with Gasteiger partial charge in [0.1, 0.15) is 5.75 Å². The summed E-state index contributed by atoms with van der Waals surface area (Å²) in [6.45, 7) is 5.50. The first-order chi connectivity index (χ1) is 12.7. The van der Waals surface area contributed by atoms with Gasteiger partial charge in [0.2, 0.25) is 0 Å². The Labute approximate surface area is 154 Å². The van der Waals surface area contributed by atoms with Crippen molar-refractivity contribution in [2.24, 2.45) is 0 Å². The van der Waals surface area contributed by atoms with Gasteiger partial charge in [0.15, 0.2) is 18.1 Å². The van der Waals surface area contributed by atoms with Crippen molar-refractivity contribution in [2.75, 3.05) is 25.1 Å². The summed E-state index contributed by atoms with van der Waals surface area (Å²) >= 11 is 0. The minimum Gasteiger partial charge on any atom is -0.490 e. The molecule has 0 aromatic heterocycles. The second-order valence-corrected chi connectivity index (χ2v) is 6.40. The minimum atomic E-state index is -0.210. The number of nitrogens with one attached hydrogen (secondary N) is 1. The lowest BCUT2D eigenvalue weighted by Gasteiger charge is -2.15. The maximum atomic E-state index is 12.3. The molecule has 0 spiro atoms. The average molecular weight is 355 g/mol. The Morgan fingerprint density at radius 2 is 1.92 bits per heavy atom. The number of anilines is 1. The first-order valence-corrected chi connectivity index (χ1v) is 9.08. The van der Waals surface area contributed by atoms with E-state index in [0.29, 0.717) is 36.3 Å². The molecule has 0 saturated carbocycles. The summed E-state index contributed by atoms with van der Waals surface area (Å²) in [4.78, 5) is 12.3. The van der Waals surface area contributed by atoms with Crippen molar-refractivity contribution in [1.29, 1.82) is 0 Å². The van der Waals surface area contributed by atoms with Gasteiger partial charge in [0.25, 0.3) is 5.91 Å². The van der Waals surface area contributed by atoms with Crippen LogP contribution in [0, 0.1) is 0 Å². The monoisotopic (exact) mass is 355 g/mol. The molecule has 1 atom stereocenters. The zero-order chi connectivity index (χ0) is 18.4. The molecule has 2 aromatic rings. The highest BCUT2D eigenvalue weighted by Gasteiger charge is 2.13. The zero-order valence-electron chi connectivity index (χ0n) is 15.3. The summed E-state index contributed by atoms with van der Waals surface area (Å²) in [5, 5.41) is 2.85. The van der Waals surface area contributed by atoms with Gasteiger partial charge in [-0.2, -0.15) is 0 Å². The van der Waals surface area contributed by atoms with Gasteiger partial charge >= 0.3 is 0 Å². The fourth-order valence-corrected chi connectivity index (χ4v) is 2.82. The normalized spacial score (nSPS) is 14.2. The molecule has 3 rings (SSSR count).